The van der Waals surface area contributed by atoms with Gasteiger partial charge in [0.05, 0.1) is 5.56 Å². The Morgan fingerprint density at radius 1 is 1.21 bits per heavy atom. The zero-order chi connectivity index (χ0) is 9.84. The zero-order valence-electron chi connectivity index (χ0n) is 7.61. The molecular formula is C9H11ClN2O2. The van der Waals surface area contributed by atoms with E-state index in [4.69, 9.17) is 5.84 Å². The van der Waals surface area contributed by atoms with Gasteiger partial charge in [-0.1, -0.05) is 18.2 Å². The average molecular weight is 215 g/mol. The summed E-state index contributed by atoms with van der Waals surface area (Å²) in [5.41, 5.74) is 2.67. The molecule has 5 heteroatoms. The van der Waals surface area contributed by atoms with Crippen molar-refractivity contribution in [3.8, 4) is 0 Å². The van der Waals surface area contributed by atoms with Crippen molar-refractivity contribution in [2.75, 3.05) is 0 Å². The number of Topliss-reactive ketones (excluding diaryl/α,β-unsaturated/α-hetero) is 1. The minimum absolute atomic E-state index is 0. The summed E-state index contributed by atoms with van der Waals surface area (Å²) in [6.45, 7) is 1.41. The Morgan fingerprint density at radius 2 is 1.71 bits per heavy atom. The number of rotatable bonds is 2. The quantitative estimate of drug-likeness (QED) is 0.333. The minimum atomic E-state index is -0.453. The van der Waals surface area contributed by atoms with Crippen molar-refractivity contribution < 1.29 is 9.59 Å². The van der Waals surface area contributed by atoms with E-state index in [1.807, 2.05) is 5.43 Å². The Labute approximate surface area is 87.9 Å². The molecule has 0 radical (unpaired) electrons. The van der Waals surface area contributed by atoms with Crippen LogP contribution in [0.1, 0.15) is 27.6 Å². The second-order valence-electron chi connectivity index (χ2n) is 2.58. The molecule has 0 unspecified atom stereocenters. The smallest absolute Gasteiger partial charge is 0.265 e. The van der Waals surface area contributed by atoms with Crippen molar-refractivity contribution in [2.24, 2.45) is 5.84 Å². The van der Waals surface area contributed by atoms with Gasteiger partial charge in [-0.15, -0.1) is 12.4 Å². The van der Waals surface area contributed by atoms with Crippen LogP contribution in [-0.2, 0) is 0 Å². The predicted molar refractivity (Wildman–Crippen MR) is 55.3 cm³/mol. The average Bonchev–Trinajstić information content (AvgIpc) is 2.16. The van der Waals surface area contributed by atoms with E-state index < -0.39 is 5.91 Å². The van der Waals surface area contributed by atoms with Crippen LogP contribution in [0.5, 0.6) is 0 Å². The molecule has 0 aromatic heterocycles. The van der Waals surface area contributed by atoms with Gasteiger partial charge in [0.2, 0.25) is 0 Å². The molecule has 0 fully saturated rings. The molecular weight excluding hydrogens is 204 g/mol. The molecule has 76 valence electrons. The number of carbonyl (C=O) groups excluding carboxylic acids is 2. The Balaban J connectivity index is 0.00000169. The molecule has 14 heavy (non-hydrogen) atoms. The molecule has 4 nitrogen and oxygen atoms in total. The van der Waals surface area contributed by atoms with Gasteiger partial charge in [0, 0.05) is 5.56 Å². The largest absolute Gasteiger partial charge is 0.294 e. The number of hydrogen-bond donors (Lipinski definition) is 2. The molecule has 0 atom stereocenters. The molecule has 3 N–H and O–H groups in total. The van der Waals surface area contributed by atoms with Crippen LogP contribution in [0.2, 0.25) is 0 Å². The van der Waals surface area contributed by atoms with Crippen molar-refractivity contribution >= 4 is 24.1 Å². The first-order chi connectivity index (χ1) is 6.16. The Kier molecular flexibility index (Phi) is 4.83. The molecule has 1 aromatic rings. The maximum atomic E-state index is 11.2. The molecule has 0 saturated heterocycles. The summed E-state index contributed by atoms with van der Waals surface area (Å²) in [4.78, 5) is 22.2. The number of amides is 1. The number of halogens is 1. The zero-order valence-corrected chi connectivity index (χ0v) is 8.43. The molecule has 1 rings (SSSR count). The molecule has 0 aliphatic rings. The summed E-state index contributed by atoms with van der Waals surface area (Å²) in [6.07, 6.45) is 0. The molecule has 0 bridgehead atoms. The highest BCUT2D eigenvalue weighted by Gasteiger charge is 2.11. The molecule has 0 spiro atoms. The van der Waals surface area contributed by atoms with Gasteiger partial charge < -0.3 is 0 Å². The normalized spacial score (nSPS) is 8.71. The highest BCUT2D eigenvalue weighted by molar-refractivity contribution is 6.06. The third-order valence-electron chi connectivity index (χ3n) is 1.68. The lowest BCUT2D eigenvalue weighted by molar-refractivity contribution is 0.0939. The summed E-state index contributed by atoms with van der Waals surface area (Å²) >= 11 is 0. The first-order valence-corrected chi connectivity index (χ1v) is 3.77. The lowest BCUT2D eigenvalue weighted by Crippen LogP contribution is -2.31. The predicted octanol–water partition coefficient (Wildman–Crippen LogP) is 0.914. The van der Waals surface area contributed by atoms with E-state index in [-0.39, 0.29) is 18.2 Å². The fraction of sp³-hybridized carbons (Fsp3) is 0.111. The van der Waals surface area contributed by atoms with E-state index in [1.165, 1.54) is 6.92 Å². The van der Waals surface area contributed by atoms with Gasteiger partial charge in [-0.25, -0.2) is 5.84 Å². The third kappa shape index (κ3) is 2.55. The first kappa shape index (κ1) is 12.6. The fourth-order valence-corrected chi connectivity index (χ4v) is 1.07. The number of benzene rings is 1. The molecule has 1 aromatic carbocycles. The van der Waals surface area contributed by atoms with E-state index in [2.05, 4.69) is 0 Å². The molecule has 0 saturated carbocycles. The lowest BCUT2D eigenvalue weighted by atomic mass is 10.0. The van der Waals surface area contributed by atoms with Crippen LogP contribution in [0.25, 0.3) is 0 Å². The van der Waals surface area contributed by atoms with Crippen molar-refractivity contribution in [3.63, 3.8) is 0 Å². The van der Waals surface area contributed by atoms with Crippen LogP contribution in [0.4, 0.5) is 0 Å². The summed E-state index contributed by atoms with van der Waals surface area (Å²) in [5.74, 6) is 4.36. The highest BCUT2D eigenvalue weighted by Crippen LogP contribution is 2.08. The van der Waals surface area contributed by atoms with Crippen LogP contribution in [0, 0.1) is 0 Å². The third-order valence-corrected chi connectivity index (χ3v) is 1.68. The van der Waals surface area contributed by atoms with Crippen molar-refractivity contribution in [2.45, 2.75) is 6.92 Å². The maximum Gasteiger partial charge on any atom is 0.265 e. The first-order valence-electron chi connectivity index (χ1n) is 3.77. The van der Waals surface area contributed by atoms with Gasteiger partial charge in [-0.05, 0) is 13.0 Å². The topological polar surface area (TPSA) is 72.2 Å². The summed E-state index contributed by atoms with van der Waals surface area (Å²) in [7, 11) is 0. The van der Waals surface area contributed by atoms with Crippen LogP contribution >= 0.6 is 12.4 Å². The molecule has 0 heterocycles. The van der Waals surface area contributed by atoms with Gasteiger partial charge in [0.15, 0.2) is 5.78 Å². The number of nitrogen functional groups attached to an aromatic ring is 1. The standard InChI is InChI=1S/C9H10N2O2.ClH/c1-6(12)7-4-2-3-5-8(7)9(13)11-10;/h2-5H,10H2,1H3,(H,11,13);1H. The number of hydrogen-bond acceptors (Lipinski definition) is 3. The monoisotopic (exact) mass is 214 g/mol. The number of hydrazine groups is 1. The maximum absolute atomic E-state index is 11.2. The van der Waals surface area contributed by atoms with Gasteiger partial charge in [-0.3, -0.25) is 15.0 Å². The van der Waals surface area contributed by atoms with Crippen molar-refractivity contribution in [3.05, 3.63) is 35.4 Å². The second-order valence-corrected chi connectivity index (χ2v) is 2.58. The number of nitrogens with two attached hydrogens (primary N) is 1. The van der Waals surface area contributed by atoms with Crippen LogP contribution in [-0.4, -0.2) is 11.7 Å². The van der Waals surface area contributed by atoms with Gasteiger partial charge in [-0.2, -0.15) is 0 Å². The van der Waals surface area contributed by atoms with E-state index >= 15 is 0 Å². The van der Waals surface area contributed by atoms with Crippen molar-refractivity contribution in [1.82, 2.24) is 5.43 Å². The Bertz CT molecular complexity index is 352. The van der Waals surface area contributed by atoms with E-state index in [0.717, 1.165) is 0 Å². The minimum Gasteiger partial charge on any atom is -0.294 e. The van der Waals surface area contributed by atoms with E-state index in [0.29, 0.717) is 11.1 Å². The molecule has 0 aliphatic carbocycles. The second kappa shape index (κ2) is 5.36. The molecule has 0 aliphatic heterocycles. The highest BCUT2D eigenvalue weighted by atomic mass is 35.5. The van der Waals surface area contributed by atoms with Gasteiger partial charge in [0.25, 0.3) is 5.91 Å². The van der Waals surface area contributed by atoms with Crippen LogP contribution < -0.4 is 11.3 Å². The Hall–Kier alpha value is -1.39. The van der Waals surface area contributed by atoms with Crippen LogP contribution in [0.15, 0.2) is 24.3 Å². The molecule has 1 amide bonds. The fourth-order valence-electron chi connectivity index (χ4n) is 1.07. The van der Waals surface area contributed by atoms with E-state index in [1.54, 1.807) is 24.3 Å². The SMILES string of the molecule is CC(=O)c1ccccc1C(=O)NN.Cl. The summed E-state index contributed by atoms with van der Waals surface area (Å²) < 4.78 is 0. The van der Waals surface area contributed by atoms with Gasteiger partial charge in [0.1, 0.15) is 0 Å². The summed E-state index contributed by atoms with van der Waals surface area (Å²) in [6, 6.07) is 6.52. The number of carbonyl (C=O) groups is 2. The summed E-state index contributed by atoms with van der Waals surface area (Å²) in [5, 5.41) is 0. The Morgan fingerprint density at radius 3 is 2.14 bits per heavy atom. The number of nitrogens with one attached hydrogen (secondary N) is 1. The lowest BCUT2D eigenvalue weighted by Gasteiger charge is -2.03. The van der Waals surface area contributed by atoms with Crippen LogP contribution in [0.3, 0.4) is 0 Å². The number of ketones is 1. The van der Waals surface area contributed by atoms with Crippen molar-refractivity contribution in [1.29, 1.82) is 0 Å². The van der Waals surface area contributed by atoms with E-state index in [9.17, 15) is 9.59 Å². The van der Waals surface area contributed by atoms with Gasteiger partial charge >= 0.3 is 0 Å².